The summed E-state index contributed by atoms with van der Waals surface area (Å²) in [6.45, 7) is 5.26. The predicted octanol–water partition coefficient (Wildman–Crippen LogP) is 15.0. The normalized spacial score (nSPS) is 14.1. The van der Waals surface area contributed by atoms with Crippen LogP contribution in [-0.4, -0.2) is 70.7 Å². The van der Waals surface area contributed by atoms with E-state index in [0.29, 0.717) is 24.1 Å². The van der Waals surface area contributed by atoms with Crippen molar-refractivity contribution in [3.8, 4) is 0 Å². The number of quaternary nitrogens is 1. The zero-order valence-corrected chi connectivity index (χ0v) is 42.0. The van der Waals surface area contributed by atoms with Crippen LogP contribution in [-0.2, 0) is 27.9 Å². The van der Waals surface area contributed by atoms with Gasteiger partial charge >= 0.3 is 5.97 Å². The van der Waals surface area contributed by atoms with Crippen LogP contribution in [0.25, 0.3) is 0 Å². The summed E-state index contributed by atoms with van der Waals surface area (Å²) in [5.41, 5.74) is 0. The van der Waals surface area contributed by atoms with Crippen molar-refractivity contribution in [3.05, 3.63) is 60.8 Å². The lowest BCUT2D eigenvalue weighted by Crippen LogP contribution is -2.37. The van der Waals surface area contributed by atoms with Crippen LogP contribution in [0, 0.1) is 0 Å². The van der Waals surface area contributed by atoms with Gasteiger partial charge in [-0.1, -0.05) is 209 Å². The monoisotopic (exact) mass is 892 g/mol. The number of allylic oxidation sites excluding steroid dienone is 10. The lowest BCUT2D eigenvalue weighted by molar-refractivity contribution is -0.870. The van der Waals surface area contributed by atoms with Gasteiger partial charge in [0.2, 0.25) is 0 Å². The Morgan fingerprint density at radius 3 is 1.40 bits per heavy atom. The van der Waals surface area contributed by atoms with E-state index in [9.17, 15) is 14.3 Å². The van der Waals surface area contributed by atoms with Crippen LogP contribution in [0.2, 0.25) is 0 Å². The molecule has 0 aliphatic carbocycles. The van der Waals surface area contributed by atoms with Crippen molar-refractivity contribution in [2.24, 2.45) is 0 Å². The first-order valence-corrected chi connectivity index (χ1v) is 27.0. The van der Waals surface area contributed by atoms with Crippen molar-refractivity contribution >= 4 is 13.8 Å². The van der Waals surface area contributed by atoms with E-state index in [1.165, 1.54) is 109 Å². The van der Waals surface area contributed by atoms with Gasteiger partial charge in [0.15, 0.2) is 0 Å². The van der Waals surface area contributed by atoms with Crippen molar-refractivity contribution in [3.63, 3.8) is 0 Å². The standard InChI is InChI=1S/C53H98NO7P/c1-6-8-10-12-14-16-18-20-22-24-26-28-30-32-34-36-38-40-42-44-46-53(55)61-52(51-60-62(56,57)59-49-47-54(3,4)5)50-58-48-45-43-41-39-37-35-33-31-29-27-25-23-21-19-17-15-13-11-9-7-2/h9,11,15,17,21,23,27,29,33,35,52H,6-8,10,12-14,16,18-20,22,24-26,28,30-32,34,36-51H2,1-5H3/b11-9-,17-15-,23-21-,29-27-,35-33-. The smallest absolute Gasteiger partial charge is 0.306 e. The lowest BCUT2D eigenvalue weighted by Gasteiger charge is -2.28. The van der Waals surface area contributed by atoms with Crippen LogP contribution in [0.15, 0.2) is 60.8 Å². The second-order valence-electron chi connectivity index (χ2n) is 18.2. The summed E-state index contributed by atoms with van der Waals surface area (Å²) in [5, 5.41) is 0. The minimum Gasteiger partial charge on any atom is -0.756 e. The van der Waals surface area contributed by atoms with E-state index >= 15 is 0 Å². The number of phosphoric acid groups is 1. The molecule has 0 saturated heterocycles. The van der Waals surface area contributed by atoms with E-state index < -0.39 is 13.9 Å². The summed E-state index contributed by atoms with van der Waals surface area (Å²) in [6.07, 6.45) is 58.2. The Morgan fingerprint density at radius 2 is 0.935 bits per heavy atom. The molecular formula is C53H98NO7P. The summed E-state index contributed by atoms with van der Waals surface area (Å²) < 4.78 is 34.7. The molecular weight excluding hydrogens is 794 g/mol. The number of phosphoric ester groups is 1. The highest BCUT2D eigenvalue weighted by Crippen LogP contribution is 2.38. The van der Waals surface area contributed by atoms with Gasteiger partial charge in [-0.25, -0.2) is 0 Å². The molecule has 0 aliphatic heterocycles. The third-order valence-corrected chi connectivity index (χ3v) is 11.8. The molecule has 0 heterocycles. The number of ether oxygens (including phenoxy) is 2. The first-order chi connectivity index (χ1) is 30.1. The van der Waals surface area contributed by atoms with E-state index in [1.807, 2.05) is 21.1 Å². The Bertz CT molecular complexity index is 1170. The molecule has 0 radical (unpaired) electrons. The largest absolute Gasteiger partial charge is 0.756 e. The van der Waals surface area contributed by atoms with E-state index in [4.69, 9.17) is 18.5 Å². The number of likely N-dealkylation sites (N-methyl/N-ethyl adjacent to an activating group) is 1. The lowest BCUT2D eigenvalue weighted by atomic mass is 10.0. The molecule has 62 heavy (non-hydrogen) atoms. The topological polar surface area (TPSA) is 94.1 Å². The highest BCUT2D eigenvalue weighted by Gasteiger charge is 2.20. The maximum atomic E-state index is 12.7. The maximum absolute atomic E-state index is 12.7. The van der Waals surface area contributed by atoms with E-state index in [-0.39, 0.29) is 25.8 Å². The summed E-state index contributed by atoms with van der Waals surface area (Å²) in [5.74, 6) is -0.341. The van der Waals surface area contributed by atoms with Crippen molar-refractivity contribution in [1.82, 2.24) is 0 Å². The van der Waals surface area contributed by atoms with Gasteiger partial charge in [0, 0.05) is 13.0 Å². The summed E-state index contributed by atoms with van der Waals surface area (Å²) in [6, 6.07) is 0. The molecule has 0 amide bonds. The van der Waals surface area contributed by atoms with Crippen LogP contribution in [0.5, 0.6) is 0 Å². The quantitative estimate of drug-likeness (QED) is 0.0197. The van der Waals surface area contributed by atoms with Crippen molar-refractivity contribution < 1.29 is 37.3 Å². The molecule has 0 aromatic carbocycles. The molecule has 0 aliphatic rings. The summed E-state index contributed by atoms with van der Waals surface area (Å²) in [4.78, 5) is 25.2. The molecule has 0 fully saturated rings. The molecule has 8 nitrogen and oxygen atoms in total. The second kappa shape index (κ2) is 45.8. The molecule has 2 unspecified atom stereocenters. The second-order valence-corrected chi connectivity index (χ2v) is 19.6. The molecule has 9 heteroatoms. The molecule has 0 rings (SSSR count). The number of hydrogen-bond donors (Lipinski definition) is 0. The molecule has 2 atom stereocenters. The van der Waals surface area contributed by atoms with Crippen molar-refractivity contribution in [1.29, 1.82) is 0 Å². The summed E-state index contributed by atoms with van der Waals surface area (Å²) in [7, 11) is 1.34. The Morgan fingerprint density at radius 1 is 0.516 bits per heavy atom. The van der Waals surface area contributed by atoms with Crippen molar-refractivity contribution in [2.75, 3.05) is 54.1 Å². The van der Waals surface area contributed by atoms with Gasteiger partial charge in [0.25, 0.3) is 7.82 Å². The van der Waals surface area contributed by atoms with Crippen LogP contribution >= 0.6 is 7.82 Å². The van der Waals surface area contributed by atoms with E-state index in [0.717, 1.165) is 83.5 Å². The number of carbonyl (C=O) groups is 1. The fourth-order valence-corrected chi connectivity index (χ4v) is 7.66. The van der Waals surface area contributed by atoms with E-state index in [1.54, 1.807) is 0 Å². The van der Waals surface area contributed by atoms with Gasteiger partial charge in [-0.15, -0.1) is 0 Å². The predicted molar refractivity (Wildman–Crippen MR) is 263 cm³/mol. The molecule has 0 saturated carbocycles. The number of carbonyl (C=O) groups excluding carboxylic acids is 1. The SMILES string of the molecule is CC/C=C\C/C=C\C/C=C\C/C=C\C/C=C\CCCCCCOCC(COP(=O)([O-])OCC[N+](C)(C)C)OC(=O)CCCCCCCCCCCCCCCCCCCCCC. The number of hydrogen-bond acceptors (Lipinski definition) is 7. The maximum Gasteiger partial charge on any atom is 0.306 e. The number of nitrogens with zero attached hydrogens (tertiary/aromatic N) is 1. The number of unbranched alkanes of at least 4 members (excludes halogenated alkanes) is 23. The number of rotatable bonds is 47. The summed E-state index contributed by atoms with van der Waals surface area (Å²) >= 11 is 0. The van der Waals surface area contributed by atoms with Gasteiger partial charge in [-0.3, -0.25) is 9.36 Å². The molecule has 0 bridgehead atoms. The first kappa shape index (κ1) is 60.2. The first-order valence-electron chi connectivity index (χ1n) is 25.5. The Labute approximate surface area is 383 Å². The fourth-order valence-electron chi connectivity index (χ4n) is 6.93. The average Bonchev–Trinajstić information content (AvgIpc) is 3.23. The minimum atomic E-state index is -4.54. The van der Waals surface area contributed by atoms with E-state index in [2.05, 4.69) is 74.6 Å². The molecule has 0 aromatic heterocycles. The average molecular weight is 892 g/mol. The zero-order chi connectivity index (χ0) is 45.5. The van der Waals surface area contributed by atoms with Crippen LogP contribution in [0.3, 0.4) is 0 Å². The Balaban J connectivity index is 4.19. The minimum absolute atomic E-state index is 0.0196. The van der Waals surface area contributed by atoms with Gasteiger partial charge < -0.3 is 27.9 Å². The van der Waals surface area contributed by atoms with Gasteiger partial charge in [0.05, 0.1) is 34.4 Å². The number of esters is 1. The molecule has 362 valence electrons. The van der Waals surface area contributed by atoms with Crippen LogP contribution in [0.1, 0.15) is 213 Å². The van der Waals surface area contributed by atoms with Gasteiger partial charge in [-0.2, -0.15) is 0 Å². The molecule has 0 N–H and O–H groups in total. The highest BCUT2D eigenvalue weighted by atomic mass is 31.2. The fraction of sp³-hybridized carbons (Fsp3) is 0.792. The third-order valence-electron chi connectivity index (χ3n) is 10.8. The molecule has 0 spiro atoms. The van der Waals surface area contributed by atoms with Crippen LogP contribution < -0.4 is 4.89 Å². The van der Waals surface area contributed by atoms with Crippen LogP contribution in [0.4, 0.5) is 0 Å². The van der Waals surface area contributed by atoms with Gasteiger partial charge in [-0.05, 0) is 57.8 Å². The molecule has 0 aromatic rings. The Kier molecular flexibility index (Phi) is 44.4. The van der Waals surface area contributed by atoms with Gasteiger partial charge in [0.1, 0.15) is 19.3 Å². The highest BCUT2D eigenvalue weighted by molar-refractivity contribution is 7.45. The Hall–Kier alpha value is -1.80. The zero-order valence-electron chi connectivity index (χ0n) is 41.1. The van der Waals surface area contributed by atoms with Crippen molar-refractivity contribution in [2.45, 2.75) is 219 Å². The third kappa shape index (κ3) is 49.2.